The largest absolute Gasteiger partial charge is 0.493 e. The van der Waals surface area contributed by atoms with Crippen LogP contribution in [0.5, 0.6) is 5.75 Å². The van der Waals surface area contributed by atoms with Gasteiger partial charge in [-0.2, -0.15) is 0 Å². The Morgan fingerprint density at radius 3 is 2.83 bits per heavy atom. The lowest BCUT2D eigenvalue weighted by atomic mass is 10.2. The van der Waals surface area contributed by atoms with Crippen molar-refractivity contribution in [2.45, 2.75) is 38.8 Å². The molecule has 1 unspecified atom stereocenters. The van der Waals surface area contributed by atoms with Crippen LogP contribution >= 0.6 is 0 Å². The molecule has 0 saturated carbocycles. The third-order valence-corrected chi connectivity index (χ3v) is 3.24. The quantitative estimate of drug-likeness (QED) is 0.806. The highest BCUT2D eigenvalue weighted by Crippen LogP contribution is 2.17. The number of hydrogen-bond donors (Lipinski definition) is 1. The van der Waals surface area contributed by atoms with Gasteiger partial charge in [0.15, 0.2) is 0 Å². The molecule has 1 aliphatic rings. The summed E-state index contributed by atoms with van der Waals surface area (Å²) in [5, 5.41) is 3.31. The third-order valence-electron chi connectivity index (χ3n) is 3.24. The normalized spacial score (nSPS) is 19.1. The van der Waals surface area contributed by atoms with Crippen LogP contribution in [0.4, 0.5) is 0 Å². The van der Waals surface area contributed by atoms with Crippen molar-refractivity contribution in [2.24, 2.45) is 0 Å². The van der Waals surface area contributed by atoms with Crippen LogP contribution in [0.3, 0.4) is 0 Å². The minimum atomic E-state index is 0.415. The zero-order chi connectivity index (χ0) is 12.6. The highest BCUT2D eigenvalue weighted by Gasteiger charge is 2.14. The fraction of sp³-hybridized carbons (Fsp3) is 0.600. The zero-order valence-corrected chi connectivity index (χ0v) is 11.2. The van der Waals surface area contributed by atoms with Crippen LogP contribution in [0.2, 0.25) is 0 Å². The molecule has 0 aliphatic carbocycles. The Morgan fingerprint density at radius 1 is 1.33 bits per heavy atom. The van der Waals surface area contributed by atoms with E-state index in [1.54, 1.807) is 0 Å². The van der Waals surface area contributed by atoms with Crippen LogP contribution in [0.25, 0.3) is 0 Å². The maximum Gasteiger partial charge on any atom is 0.119 e. The molecule has 0 aromatic heterocycles. The maximum absolute atomic E-state index is 5.73. The molecule has 100 valence electrons. The summed E-state index contributed by atoms with van der Waals surface area (Å²) < 4.78 is 11.3. The van der Waals surface area contributed by atoms with E-state index >= 15 is 0 Å². The SMILES string of the molecule is CCNCc1ccc(OCCC2CCCO2)cc1. The predicted molar refractivity (Wildman–Crippen MR) is 72.9 cm³/mol. The summed E-state index contributed by atoms with van der Waals surface area (Å²) in [7, 11) is 0. The summed E-state index contributed by atoms with van der Waals surface area (Å²) in [6.45, 7) is 5.70. The monoisotopic (exact) mass is 249 g/mol. The van der Waals surface area contributed by atoms with Crippen molar-refractivity contribution in [1.82, 2.24) is 5.32 Å². The second-order valence-corrected chi connectivity index (χ2v) is 4.70. The molecule has 0 bridgehead atoms. The molecule has 1 aromatic rings. The number of rotatable bonds is 7. The lowest BCUT2D eigenvalue weighted by Crippen LogP contribution is -2.12. The van der Waals surface area contributed by atoms with Crippen molar-refractivity contribution < 1.29 is 9.47 Å². The average molecular weight is 249 g/mol. The van der Waals surface area contributed by atoms with Gasteiger partial charge >= 0.3 is 0 Å². The number of hydrogen-bond acceptors (Lipinski definition) is 3. The van der Waals surface area contributed by atoms with Crippen LogP contribution in [-0.2, 0) is 11.3 Å². The molecule has 0 amide bonds. The molecule has 0 spiro atoms. The van der Waals surface area contributed by atoms with Crippen molar-refractivity contribution in [3.8, 4) is 5.75 Å². The van der Waals surface area contributed by atoms with Gasteiger partial charge in [0.1, 0.15) is 5.75 Å². The number of nitrogens with one attached hydrogen (secondary N) is 1. The molecular weight excluding hydrogens is 226 g/mol. The van der Waals surface area contributed by atoms with Crippen LogP contribution < -0.4 is 10.1 Å². The Morgan fingerprint density at radius 2 is 2.17 bits per heavy atom. The van der Waals surface area contributed by atoms with Crippen LogP contribution in [0, 0.1) is 0 Å². The first-order valence-electron chi connectivity index (χ1n) is 6.92. The standard InChI is InChI=1S/C15H23NO2/c1-2-16-12-13-5-7-15(8-6-13)18-11-9-14-4-3-10-17-14/h5-8,14,16H,2-4,9-12H2,1H3. The van der Waals surface area contributed by atoms with Gasteiger partial charge in [-0.1, -0.05) is 19.1 Å². The molecular formula is C15H23NO2. The van der Waals surface area contributed by atoms with Gasteiger partial charge < -0.3 is 14.8 Å². The Kier molecular flexibility index (Phi) is 5.49. The van der Waals surface area contributed by atoms with Crippen molar-refractivity contribution in [3.05, 3.63) is 29.8 Å². The minimum Gasteiger partial charge on any atom is -0.493 e. The van der Waals surface area contributed by atoms with E-state index in [4.69, 9.17) is 9.47 Å². The van der Waals surface area contributed by atoms with E-state index in [-0.39, 0.29) is 0 Å². The summed E-state index contributed by atoms with van der Waals surface area (Å²) >= 11 is 0. The Hall–Kier alpha value is -1.06. The first-order chi connectivity index (χ1) is 8.88. The Bertz CT molecular complexity index is 331. The van der Waals surface area contributed by atoms with Gasteiger partial charge in [0, 0.05) is 19.6 Å². The number of benzene rings is 1. The molecule has 18 heavy (non-hydrogen) atoms. The molecule has 1 N–H and O–H groups in total. The lowest BCUT2D eigenvalue weighted by Gasteiger charge is -2.11. The Balaban J connectivity index is 1.68. The van der Waals surface area contributed by atoms with Crippen molar-refractivity contribution in [3.63, 3.8) is 0 Å². The van der Waals surface area contributed by atoms with E-state index in [0.29, 0.717) is 6.10 Å². The maximum atomic E-state index is 5.73. The molecule has 1 aliphatic heterocycles. The molecule has 3 nitrogen and oxygen atoms in total. The highest BCUT2D eigenvalue weighted by atomic mass is 16.5. The van der Waals surface area contributed by atoms with Crippen molar-refractivity contribution >= 4 is 0 Å². The van der Waals surface area contributed by atoms with Gasteiger partial charge in [0.2, 0.25) is 0 Å². The lowest BCUT2D eigenvalue weighted by molar-refractivity contribution is 0.0903. The van der Waals surface area contributed by atoms with E-state index in [0.717, 1.165) is 38.5 Å². The van der Waals surface area contributed by atoms with Crippen LogP contribution in [0.15, 0.2) is 24.3 Å². The molecule has 1 saturated heterocycles. The van der Waals surface area contributed by atoms with Gasteiger partial charge in [-0.3, -0.25) is 0 Å². The third kappa shape index (κ3) is 4.31. The van der Waals surface area contributed by atoms with E-state index < -0.39 is 0 Å². The van der Waals surface area contributed by atoms with E-state index in [2.05, 4.69) is 24.4 Å². The first kappa shape index (κ1) is 13.4. The summed E-state index contributed by atoms with van der Waals surface area (Å²) in [5.41, 5.74) is 1.29. The van der Waals surface area contributed by atoms with E-state index in [9.17, 15) is 0 Å². The minimum absolute atomic E-state index is 0.415. The fourth-order valence-corrected chi connectivity index (χ4v) is 2.15. The molecule has 2 rings (SSSR count). The van der Waals surface area contributed by atoms with Gasteiger partial charge in [-0.05, 0) is 37.1 Å². The molecule has 1 fully saturated rings. The molecule has 1 heterocycles. The second kappa shape index (κ2) is 7.39. The van der Waals surface area contributed by atoms with Gasteiger partial charge in [-0.25, -0.2) is 0 Å². The molecule has 0 radical (unpaired) electrons. The topological polar surface area (TPSA) is 30.5 Å². The number of ether oxygens (including phenoxy) is 2. The van der Waals surface area contributed by atoms with Gasteiger partial charge in [0.05, 0.1) is 12.7 Å². The highest BCUT2D eigenvalue weighted by molar-refractivity contribution is 5.27. The first-order valence-corrected chi connectivity index (χ1v) is 6.92. The van der Waals surface area contributed by atoms with E-state index in [1.165, 1.54) is 18.4 Å². The van der Waals surface area contributed by atoms with Crippen molar-refractivity contribution in [2.75, 3.05) is 19.8 Å². The van der Waals surface area contributed by atoms with Crippen molar-refractivity contribution in [1.29, 1.82) is 0 Å². The van der Waals surface area contributed by atoms with E-state index in [1.807, 2.05) is 12.1 Å². The average Bonchev–Trinajstić information content (AvgIpc) is 2.91. The second-order valence-electron chi connectivity index (χ2n) is 4.70. The molecule has 1 atom stereocenters. The summed E-state index contributed by atoms with van der Waals surface area (Å²) in [6, 6.07) is 8.32. The predicted octanol–water partition coefficient (Wildman–Crippen LogP) is 2.74. The van der Waals surface area contributed by atoms with Crippen LogP contribution in [-0.4, -0.2) is 25.9 Å². The molecule has 3 heteroatoms. The van der Waals surface area contributed by atoms with Gasteiger partial charge in [0.25, 0.3) is 0 Å². The van der Waals surface area contributed by atoms with Gasteiger partial charge in [-0.15, -0.1) is 0 Å². The zero-order valence-electron chi connectivity index (χ0n) is 11.2. The molecule has 1 aromatic carbocycles. The fourth-order valence-electron chi connectivity index (χ4n) is 2.15. The Labute approximate surface area is 109 Å². The summed E-state index contributed by atoms with van der Waals surface area (Å²) in [6.07, 6.45) is 3.80. The summed E-state index contributed by atoms with van der Waals surface area (Å²) in [5.74, 6) is 0.952. The summed E-state index contributed by atoms with van der Waals surface area (Å²) in [4.78, 5) is 0. The van der Waals surface area contributed by atoms with Crippen LogP contribution in [0.1, 0.15) is 31.7 Å². The smallest absolute Gasteiger partial charge is 0.119 e.